The third kappa shape index (κ3) is 3.46. The fourth-order valence-corrected chi connectivity index (χ4v) is 5.44. The number of piperazine rings is 1. The van der Waals surface area contributed by atoms with Crippen molar-refractivity contribution in [2.24, 2.45) is 0 Å². The molecule has 0 atom stereocenters. The van der Waals surface area contributed by atoms with Crippen molar-refractivity contribution in [2.75, 3.05) is 26.2 Å². The van der Waals surface area contributed by atoms with Crippen LogP contribution in [0.4, 0.5) is 0 Å². The minimum absolute atomic E-state index is 0.00663. The van der Waals surface area contributed by atoms with Crippen molar-refractivity contribution in [3.8, 4) is 0 Å². The predicted molar refractivity (Wildman–Crippen MR) is 107 cm³/mol. The molecule has 0 aliphatic carbocycles. The molecule has 28 heavy (non-hydrogen) atoms. The Morgan fingerprint density at radius 2 is 1.68 bits per heavy atom. The summed E-state index contributed by atoms with van der Waals surface area (Å²) in [5.74, 6) is -0.429. The Bertz CT molecular complexity index is 1180. The van der Waals surface area contributed by atoms with Crippen molar-refractivity contribution in [1.29, 1.82) is 0 Å². The van der Waals surface area contributed by atoms with Crippen molar-refractivity contribution in [1.82, 2.24) is 13.8 Å². The lowest BCUT2D eigenvalue weighted by molar-refractivity contribution is 0.150. The first-order chi connectivity index (χ1) is 13.4. The van der Waals surface area contributed by atoms with Crippen LogP contribution in [-0.4, -0.2) is 48.4 Å². The van der Waals surface area contributed by atoms with E-state index in [9.17, 15) is 13.2 Å². The SMILES string of the molecule is O=c1oc2ccccc2n1CN1CCN(S(=O)(=O)c2cccc(Cl)c2Cl)CC1. The lowest BCUT2D eigenvalue weighted by atomic mass is 10.3. The standard InChI is InChI=1S/C18H17Cl2N3O4S/c19-13-4-3-7-16(17(13)20)28(25,26)22-10-8-21(9-11-22)12-23-14-5-1-2-6-15(14)27-18(23)24/h1-7H,8-12H2. The number of hydrogen-bond acceptors (Lipinski definition) is 5. The van der Waals surface area contributed by atoms with Gasteiger partial charge in [0.25, 0.3) is 0 Å². The van der Waals surface area contributed by atoms with Gasteiger partial charge >= 0.3 is 5.76 Å². The van der Waals surface area contributed by atoms with Gasteiger partial charge in [-0.25, -0.2) is 13.2 Å². The van der Waals surface area contributed by atoms with E-state index in [1.807, 2.05) is 17.0 Å². The van der Waals surface area contributed by atoms with Crippen LogP contribution in [0.3, 0.4) is 0 Å². The molecule has 0 unspecified atom stereocenters. The molecule has 0 N–H and O–H groups in total. The van der Waals surface area contributed by atoms with E-state index in [4.69, 9.17) is 27.6 Å². The van der Waals surface area contributed by atoms with Crippen LogP contribution >= 0.6 is 23.2 Å². The third-order valence-electron chi connectivity index (χ3n) is 4.78. The van der Waals surface area contributed by atoms with Crippen molar-refractivity contribution < 1.29 is 12.8 Å². The molecule has 1 fully saturated rings. The highest BCUT2D eigenvalue weighted by atomic mass is 35.5. The Kier molecular flexibility index (Phi) is 5.24. The molecule has 0 saturated carbocycles. The number of fused-ring (bicyclic) bond motifs is 1. The second kappa shape index (κ2) is 7.53. The summed E-state index contributed by atoms with van der Waals surface area (Å²) in [7, 11) is -3.74. The summed E-state index contributed by atoms with van der Waals surface area (Å²) in [5.41, 5.74) is 1.25. The highest BCUT2D eigenvalue weighted by Crippen LogP contribution is 2.31. The molecule has 0 amide bonds. The number of para-hydroxylation sites is 2. The summed E-state index contributed by atoms with van der Waals surface area (Å²) in [5, 5.41) is 0.232. The fourth-order valence-electron chi connectivity index (χ4n) is 3.28. The Balaban J connectivity index is 1.49. The van der Waals surface area contributed by atoms with E-state index in [-0.39, 0.29) is 28.0 Å². The van der Waals surface area contributed by atoms with Gasteiger partial charge in [0.05, 0.1) is 22.2 Å². The molecule has 0 bridgehead atoms. The first kappa shape index (κ1) is 19.5. The molecule has 148 valence electrons. The average molecular weight is 442 g/mol. The number of aromatic nitrogens is 1. The first-order valence-electron chi connectivity index (χ1n) is 8.63. The molecule has 0 spiro atoms. The van der Waals surface area contributed by atoms with E-state index in [1.165, 1.54) is 10.4 Å². The molecule has 1 saturated heterocycles. The maximum Gasteiger partial charge on any atom is 0.421 e. The minimum Gasteiger partial charge on any atom is -0.408 e. The van der Waals surface area contributed by atoms with Gasteiger partial charge in [-0.1, -0.05) is 41.4 Å². The smallest absolute Gasteiger partial charge is 0.408 e. The van der Waals surface area contributed by atoms with Crippen molar-refractivity contribution >= 4 is 44.3 Å². The Morgan fingerprint density at radius 1 is 0.964 bits per heavy atom. The van der Waals surface area contributed by atoms with Crippen LogP contribution in [0.15, 0.2) is 56.6 Å². The van der Waals surface area contributed by atoms with E-state index >= 15 is 0 Å². The lowest BCUT2D eigenvalue weighted by Crippen LogP contribution is -2.49. The van der Waals surface area contributed by atoms with Crippen LogP contribution in [0.1, 0.15) is 0 Å². The number of rotatable bonds is 4. The largest absolute Gasteiger partial charge is 0.421 e. The monoisotopic (exact) mass is 441 g/mol. The molecule has 4 rings (SSSR count). The van der Waals surface area contributed by atoms with Crippen molar-refractivity contribution in [3.63, 3.8) is 0 Å². The molecule has 0 radical (unpaired) electrons. The summed E-state index contributed by atoms with van der Waals surface area (Å²) < 4.78 is 34.0. The highest BCUT2D eigenvalue weighted by molar-refractivity contribution is 7.89. The highest BCUT2D eigenvalue weighted by Gasteiger charge is 2.31. The van der Waals surface area contributed by atoms with Gasteiger partial charge in [-0.2, -0.15) is 4.31 Å². The maximum absolute atomic E-state index is 12.9. The molecule has 3 aromatic rings. The lowest BCUT2D eigenvalue weighted by Gasteiger charge is -2.34. The number of benzene rings is 2. The van der Waals surface area contributed by atoms with Crippen LogP contribution in [0, 0.1) is 0 Å². The Morgan fingerprint density at radius 3 is 2.43 bits per heavy atom. The van der Waals surface area contributed by atoms with E-state index in [2.05, 4.69) is 0 Å². The zero-order chi connectivity index (χ0) is 19.9. The van der Waals surface area contributed by atoms with Crippen LogP contribution < -0.4 is 5.76 Å². The number of oxazole rings is 1. The molecular weight excluding hydrogens is 425 g/mol. The molecular formula is C18H17Cl2N3O4S. The second-order valence-electron chi connectivity index (χ2n) is 6.48. The summed E-state index contributed by atoms with van der Waals surface area (Å²) in [6.07, 6.45) is 0. The first-order valence-corrected chi connectivity index (χ1v) is 10.8. The quantitative estimate of drug-likeness (QED) is 0.621. The van der Waals surface area contributed by atoms with Crippen molar-refractivity contribution in [3.05, 3.63) is 63.1 Å². The molecule has 10 heteroatoms. The van der Waals surface area contributed by atoms with Gasteiger partial charge in [-0.3, -0.25) is 9.47 Å². The van der Waals surface area contributed by atoms with E-state index in [1.54, 1.807) is 28.8 Å². The minimum atomic E-state index is -3.74. The van der Waals surface area contributed by atoms with Crippen LogP contribution in [-0.2, 0) is 16.7 Å². The van der Waals surface area contributed by atoms with Crippen LogP contribution in [0.5, 0.6) is 0 Å². The zero-order valence-electron chi connectivity index (χ0n) is 14.7. The van der Waals surface area contributed by atoms with Gasteiger partial charge < -0.3 is 4.42 Å². The fraction of sp³-hybridized carbons (Fsp3) is 0.278. The number of nitrogens with zero attached hydrogens (tertiary/aromatic N) is 3. The Hall–Kier alpha value is -1.84. The number of hydrogen-bond donors (Lipinski definition) is 0. The van der Waals surface area contributed by atoms with Gasteiger partial charge in [0.15, 0.2) is 5.58 Å². The summed E-state index contributed by atoms with van der Waals surface area (Å²) in [4.78, 5) is 14.1. The Labute approximate surface area is 171 Å². The normalized spacial score (nSPS) is 16.6. The predicted octanol–water partition coefficient (Wildman–Crippen LogP) is 2.87. The third-order valence-corrected chi connectivity index (χ3v) is 7.65. The van der Waals surface area contributed by atoms with Crippen LogP contribution in [0.2, 0.25) is 10.0 Å². The van der Waals surface area contributed by atoms with E-state index in [0.717, 1.165) is 0 Å². The number of sulfonamides is 1. The topological polar surface area (TPSA) is 75.8 Å². The molecule has 1 aliphatic heterocycles. The van der Waals surface area contributed by atoms with Gasteiger partial charge in [-0.15, -0.1) is 0 Å². The van der Waals surface area contributed by atoms with Gasteiger partial charge in [-0.05, 0) is 24.3 Å². The molecule has 1 aromatic heterocycles. The van der Waals surface area contributed by atoms with Crippen LogP contribution in [0.25, 0.3) is 11.1 Å². The van der Waals surface area contributed by atoms with Gasteiger partial charge in [0, 0.05) is 26.2 Å². The zero-order valence-corrected chi connectivity index (χ0v) is 17.0. The molecule has 7 nitrogen and oxygen atoms in total. The summed E-state index contributed by atoms with van der Waals surface area (Å²) in [6.45, 7) is 1.86. The number of halogens is 2. The maximum atomic E-state index is 12.9. The molecule has 2 heterocycles. The molecule has 2 aromatic carbocycles. The second-order valence-corrected chi connectivity index (χ2v) is 9.17. The molecule has 1 aliphatic rings. The van der Waals surface area contributed by atoms with E-state index in [0.29, 0.717) is 30.9 Å². The van der Waals surface area contributed by atoms with Gasteiger partial charge in [0.1, 0.15) is 4.90 Å². The summed E-state index contributed by atoms with van der Waals surface area (Å²) in [6, 6.07) is 11.8. The van der Waals surface area contributed by atoms with Gasteiger partial charge in [0.2, 0.25) is 10.0 Å². The van der Waals surface area contributed by atoms with Crippen molar-refractivity contribution in [2.45, 2.75) is 11.6 Å². The summed E-state index contributed by atoms with van der Waals surface area (Å²) >= 11 is 12.1. The average Bonchev–Trinajstić information content (AvgIpc) is 3.00. The van der Waals surface area contributed by atoms with E-state index < -0.39 is 15.8 Å².